The van der Waals surface area contributed by atoms with Crippen molar-refractivity contribution in [3.63, 3.8) is 0 Å². The fourth-order valence-corrected chi connectivity index (χ4v) is 2.44. The van der Waals surface area contributed by atoms with Gasteiger partial charge in [-0.2, -0.15) is 5.10 Å². The Morgan fingerprint density at radius 3 is 2.67 bits per heavy atom. The summed E-state index contributed by atoms with van der Waals surface area (Å²) < 4.78 is 5.57. The SMILES string of the molecule is O=[N+]([O-])c1ccc(-c2ccc(/C=N\Nc3ncccc3[N+](=O)[O-])o2)c(Cl)c1. The minimum absolute atomic E-state index is 0.0102. The van der Waals surface area contributed by atoms with Gasteiger partial charge in [-0.3, -0.25) is 25.7 Å². The molecular weight excluding hydrogens is 378 g/mol. The fourth-order valence-electron chi connectivity index (χ4n) is 2.17. The summed E-state index contributed by atoms with van der Waals surface area (Å²) >= 11 is 6.07. The third-order valence-corrected chi connectivity index (χ3v) is 3.71. The topological polar surface area (TPSA) is 137 Å². The normalized spacial score (nSPS) is 10.9. The molecule has 27 heavy (non-hydrogen) atoms. The van der Waals surface area contributed by atoms with Crippen molar-refractivity contribution in [3.8, 4) is 11.3 Å². The molecule has 0 saturated heterocycles. The smallest absolute Gasteiger partial charge is 0.313 e. The lowest BCUT2D eigenvalue weighted by Gasteiger charge is -2.00. The van der Waals surface area contributed by atoms with Crippen molar-refractivity contribution in [2.75, 3.05) is 5.43 Å². The van der Waals surface area contributed by atoms with Gasteiger partial charge in [-0.25, -0.2) is 4.98 Å². The molecule has 3 aromatic rings. The van der Waals surface area contributed by atoms with Crippen molar-refractivity contribution in [2.24, 2.45) is 5.10 Å². The molecule has 0 saturated carbocycles. The van der Waals surface area contributed by atoms with Gasteiger partial charge in [0, 0.05) is 30.0 Å². The molecule has 0 radical (unpaired) electrons. The molecule has 0 aliphatic carbocycles. The molecule has 0 aliphatic heterocycles. The van der Waals surface area contributed by atoms with E-state index in [1.807, 2.05) is 0 Å². The van der Waals surface area contributed by atoms with E-state index in [1.54, 1.807) is 12.1 Å². The number of aromatic nitrogens is 1. The molecule has 0 unspecified atom stereocenters. The van der Waals surface area contributed by atoms with Gasteiger partial charge < -0.3 is 4.42 Å². The molecule has 0 amide bonds. The van der Waals surface area contributed by atoms with Crippen LogP contribution < -0.4 is 5.43 Å². The van der Waals surface area contributed by atoms with E-state index in [1.165, 1.54) is 42.7 Å². The lowest BCUT2D eigenvalue weighted by molar-refractivity contribution is -0.384. The van der Waals surface area contributed by atoms with Crippen molar-refractivity contribution in [2.45, 2.75) is 0 Å². The van der Waals surface area contributed by atoms with Crippen molar-refractivity contribution in [1.29, 1.82) is 0 Å². The summed E-state index contributed by atoms with van der Waals surface area (Å²) in [5, 5.41) is 25.7. The zero-order valence-corrected chi connectivity index (χ0v) is 14.2. The van der Waals surface area contributed by atoms with Crippen LogP contribution in [0.25, 0.3) is 11.3 Å². The summed E-state index contributed by atoms with van der Waals surface area (Å²) in [6, 6.07) is 10.00. The second-order valence-electron chi connectivity index (χ2n) is 5.12. The summed E-state index contributed by atoms with van der Waals surface area (Å²) in [7, 11) is 0. The van der Waals surface area contributed by atoms with Crippen LogP contribution in [0.3, 0.4) is 0 Å². The number of nitro groups is 2. The third kappa shape index (κ3) is 4.07. The van der Waals surface area contributed by atoms with Gasteiger partial charge in [0.05, 0.1) is 21.1 Å². The second-order valence-corrected chi connectivity index (χ2v) is 5.53. The Morgan fingerprint density at radius 2 is 1.96 bits per heavy atom. The molecule has 136 valence electrons. The highest BCUT2D eigenvalue weighted by atomic mass is 35.5. The van der Waals surface area contributed by atoms with Crippen molar-refractivity contribution in [1.82, 2.24) is 4.98 Å². The number of nitrogens with one attached hydrogen (secondary N) is 1. The number of furan rings is 1. The molecule has 0 atom stereocenters. The van der Waals surface area contributed by atoms with Crippen LogP contribution >= 0.6 is 11.6 Å². The number of pyridine rings is 1. The van der Waals surface area contributed by atoms with Gasteiger partial charge in [0.2, 0.25) is 5.82 Å². The number of hydrogen-bond donors (Lipinski definition) is 1. The molecule has 2 aromatic heterocycles. The monoisotopic (exact) mass is 387 g/mol. The summed E-state index contributed by atoms with van der Waals surface area (Å²) in [6.07, 6.45) is 2.70. The maximum atomic E-state index is 10.9. The predicted octanol–water partition coefficient (Wildman–Crippen LogP) is 4.26. The number of hydrazone groups is 1. The quantitative estimate of drug-likeness (QED) is 0.379. The highest BCUT2D eigenvalue weighted by molar-refractivity contribution is 6.33. The lowest BCUT2D eigenvalue weighted by Crippen LogP contribution is -1.98. The van der Waals surface area contributed by atoms with Crippen molar-refractivity contribution in [3.05, 3.63) is 79.7 Å². The van der Waals surface area contributed by atoms with Crippen LogP contribution in [-0.2, 0) is 0 Å². The zero-order chi connectivity index (χ0) is 19.4. The molecular formula is C16H10ClN5O5. The summed E-state index contributed by atoms with van der Waals surface area (Å²) in [6.45, 7) is 0. The molecule has 0 bridgehead atoms. The Balaban J connectivity index is 1.76. The van der Waals surface area contributed by atoms with E-state index in [4.69, 9.17) is 16.0 Å². The Bertz CT molecular complexity index is 1050. The number of anilines is 1. The van der Waals surface area contributed by atoms with Crippen molar-refractivity contribution < 1.29 is 14.3 Å². The van der Waals surface area contributed by atoms with Gasteiger partial charge in [-0.15, -0.1) is 0 Å². The number of rotatable bonds is 6. The van der Waals surface area contributed by atoms with Crippen LogP contribution in [0.1, 0.15) is 5.76 Å². The second kappa shape index (κ2) is 7.62. The Morgan fingerprint density at radius 1 is 1.15 bits per heavy atom. The van der Waals surface area contributed by atoms with Gasteiger partial charge in [0.25, 0.3) is 5.69 Å². The number of hydrogen-bond acceptors (Lipinski definition) is 8. The maximum Gasteiger partial charge on any atom is 0.313 e. The number of nitro benzene ring substituents is 1. The number of nitrogens with zero attached hydrogens (tertiary/aromatic N) is 4. The van der Waals surface area contributed by atoms with Gasteiger partial charge in [-0.05, 0) is 24.3 Å². The third-order valence-electron chi connectivity index (χ3n) is 3.40. The zero-order valence-electron chi connectivity index (χ0n) is 13.4. The maximum absolute atomic E-state index is 10.9. The van der Waals surface area contributed by atoms with Crippen LogP contribution in [0, 0.1) is 20.2 Å². The Labute approximate surface area is 156 Å². The Hall–Kier alpha value is -3.79. The molecule has 11 heteroatoms. The van der Waals surface area contributed by atoms with E-state index >= 15 is 0 Å². The molecule has 2 heterocycles. The minimum Gasteiger partial charge on any atom is -0.455 e. The van der Waals surface area contributed by atoms with Crippen LogP contribution in [0.5, 0.6) is 0 Å². The van der Waals surface area contributed by atoms with Crippen LogP contribution in [0.2, 0.25) is 5.02 Å². The first kappa shape index (κ1) is 18.0. The lowest BCUT2D eigenvalue weighted by atomic mass is 10.1. The predicted molar refractivity (Wildman–Crippen MR) is 97.9 cm³/mol. The van der Waals surface area contributed by atoms with Gasteiger partial charge in [-0.1, -0.05) is 11.6 Å². The summed E-state index contributed by atoms with van der Waals surface area (Å²) in [5.41, 5.74) is 2.62. The minimum atomic E-state index is -0.577. The molecule has 0 fully saturated rings. The molecule has 0 aliphatic rings. The summed E-state index contributed by atoms with van der Waals surface area (Å²) in [5.74, 6) is 0.717. The summed E-state index contributed by atoms with van der Waals surface area (Å²) in [4.78, 5) is 24.4. The standard InChI is InChI=1S/C16H10ClN5O5/c17-13-8-10(21(23)24)3-5-12(13)15-6-4-11(27-15)9-19-20-16-14(22(25)26)2-1-7-18-16/h1-9H,(H,18,20)/b19-9-. The van der Waals surface area contributed by atoms with E-state index < -0.39 is 9.85 Å². The van der Waals surface area contributed by atoms with Crippen LogP contribution in [0.4, 0.5) is 17.2 Å². The average molecular weight is 388 g/mol. The first-order chi connectivity index (χ1) is 13.0. The van der Waals surface area contributed by atoms with E-state index in [-0.39, 0.29) is 22.2 Å². The van der Waals surface area contributed by atoms with Gasteiger partial charge >= 0.3 is 5.69 Å². The van der Waals surface area contributed by atoms with Crippen LogP contribution in [-0.4, -0.2) is 21.0 Å². The van der Waals surface area contributed by atoms with E-state index in [0.29, 0.717) is 17.1 Å². The first-order valence-corrected chi connectivity index (χ1v) is 7.76. The molecule has 10 nitrogen and oxygen atoms in total. The highest BCUT2D eigenvalue weighted by Gasteiger charge is 2.14. The average Bonchev–Trinajstić information content (AvgIpc) is 3.10. The first-order valence-electron chi connectivity index (χ1n) is 7.38. The Kier molecular flexibility index (Phi) is 5.08. The molecule has 1 N–H and O–H groups in total. The van der Waals surface area contributed by atoms with Gasteiger partial charge in [0.15, 0.2) is 0 Å². The van der Waals surface area contributed by atoms with E-state index in [2.05, 4.69) is 15.5 Å². The van der Waals surface area contributed by atoms with Gasteiger partial charge in [0.1, 0.15) is 11.5 Å². The number of non-ortho nitro benzene ring substituents is 1. The molecule has 0 spiro atoms. The fraction of sp³-hybridized carbons (Fsp3) is 0. The van der Waals surface area contributed by atoms with E-state index in [9.17, 15) is 20.2 Å². The number of halogens is 1. The van der Waals surface area contributed by atoms with E-state index in [0.717, 1.165) is 0 Å². The largest absolute Gasteiger partial charge is 0.455 e. The molecule has 3 rings (SSSR count). The van der Waals surface area contributed by atoms with Crippen LogP contribution in [0.15, 0.2) is 58.2 Å². The highest BCUT2D eigenvalue weighted by Crippen LogP contribution is 2.32. The van der Waals surface area contributed by atoms with Crippen molar-refractivity contribution >= 4 is 35.0 Å². The molecule has 1 aromatic carbocycles. The number of benzene rings is 1.